The van der Waals surface area contributed by atoms with Crippen LogP contribution in [0.2, 0.25) is 0 Å². The summed E-state index contributed by atoms with van der Waals surface area (Å²) < 4.78 is 21.0. The summed E-state index contributed by atoms with van der Waals surface area (Å²) >= 11 is 1.68. The smallest absolute Gasteiger partial charge is 0.251 e. The molecule has 1 unspecified atom stereocenters. The molecule has 3 N–H and O–H groups in total. The van der Waals surface area contributed by atoms with Gasteiger partial charge in [-0.1, -0.05) is 6.07 Å². The van der Waals surface area contributed by atoms with Crippen LogP contribution in [0.1, 0.15) is 26.4 Å². The third-order valence-corrected chi connectivity index (χ3v) is 7.64. The summed E-state index contributed by atoms with van der Waals surface area (Å²) in [7, 11) is 0. The Morgan fingerprint density at radius 3 is 2.97 bits per heavy atom. The highest BCUT2D eigenvalue weighted by Gasteiger charge is 2.30. The topological polar surface area (TPSA) is 102 Å². The molecule has 0 spiro atoms. The van der Waals surface area contributed by atoms with Crippen LogP contribution >= 0.6 is 11.3 Å². The Morgan fingerprint density at radius 1 is 1.22 bits per heavy atom. The van der Waals surface area contributed by atoms with Gasteiger partial charge in [-0.25, -0.2) is 14.4 Å². The molecule has 2 aliphatic rings. The zero-order chi connectivity index (χ0) is 25.4. The van der Waals surface area contributed by atoms with E-state index in [1.807, 2.05) is 29.6 Å². The first-order chi connectivity index (χ1) is 18.0. The third-order valence-electron chi connectivity index (χ3n) is 6.70. The van der Waals surface area contributed by atoms with E-state index < -0.39 is 0 Å². The van der Waals surface area contributed by atoms with Crippen molar-refractivity contribution in [2.24, 2.45) is 10.9 Å². The number of amides is 1. The fourth-order valence-corrected chi connectivity index (χ4v) is 5.51. The molecular formula is C28H24FN5O2S. The molecule has 186 valence electrons. The summed E-state index contributed by atoms with van der Waals surface area (Å²) in [6.45, 7) is 1.04. The van der Waals surface area contributed by atoms with Gasteiger partial charge in [0.05, 0.1) is 18.0 Å². The monoisotopic (exact) mass is 513 g/mol. The van der Waals surface area contributed by atoms with Crippen molar-refractivity contribution in [2.75, 3.05) is 18.9 Å². The van der Waals surface area contributed by atoms with Crippen LogP contribution < -0.4 is 15.8 Å². The number of benzene rings is 2. The normalized spacial score (nSPS) is 15.9. The van der Waals surface area contributed by atoms with E-state index in [2.05, 4.69) is 21.4 Å². The average Bonchev–Trinajstić information content (AvgIpc) is 3.58. The molecule has 1 amide bonds. The number of aliphatic imine (C=N–C) groups is 1. The summed E-state index contributed by atoms with van der Waals surface area (Å²) in [5.41, 5.74) is 10.5. The largest absolute Gasteiger partial charge is 0.493 e. The van der Waals surface area contributed by atoms with Crippen molar-refractivity contribution in [3.63, 3.8) is 0 Å². The minimum Gasteiger partial charge on any atom is -0.493 e. The highest BCUT2D eigenvalue weighted by Crippen LogP contribution is 2.37. The number of nitrogen functional groups attached to an aromatic ring is 1. The number of nitrogens with zero attached hydrogens (tertiary/aromatic N) is 3. The molecule has 0 saturated heterocycles. The van der Waals surface area contributed by atoms with E-state index in [0.29, 0.717) is 54.1 Å². The molecular weight excluding hydrogens is 489 g/mol. The van der Waals surface area contributed by atoms with Gasteiger partial charge in [0, 0.05) is 52.4 Å². The molecule has 0 fully saturated rings. The molecule has 2 aromatic heterocycles. The fraction of sp³-hybridized carbons (Fsp3) is 0.214. The van der Waals surface area contributed by atoms with E-state index in [0.717, 1.165) is 23.4 Å². The van der Waals surface area contributed by atoms with Gasteiger partial charge in [-0.3, -0.25) is 9.79 Å². The molecule has 37 heavy (non-hydrogen) atoms. The molecule has 6 rings (SSSR count). The Balaban J connectivity index is 1.17. The highest BCUT2D eigenvalue weighted by atomic mass is 32.1. The van der Waals surface area contributed by atoms with Crippen molar-refractivity contribution in [1.82, 2.24) is 15.3 Å². The van der Waals surface area contributed by atoms with Crippen LogP contribution in [-0.2, 0) is 19.3 Å². The van der Waals surface area contributed by atoms with Crippen molar-refractivity contribution in [1.29, 1.82) is 0 Å². The van der Waals surface area contributed by atoms with Crippen LogP contribution in [-0.4, -0.2) is 34.7 Å². The second-order valence-corrected chi connectivity index (χ2v) is 10.2. The molecule has 9 heteroatoms. The standard InChI is InChI=1S/C28H24FN5O2S/c29-22-12-17(23-6-8-32-28(30)34-23)13-25-21(22)14-24(33-25)19-11-18-10-16(3-4-26(18)36-15-19)27(35)31-7-5-20-2-1-9-37-20/h1-4,6,8-10,12-13,19H,5,7,11,14-15H2,(H,31,35)(H2,30,32,34). The van der Waals surface area contributed by atoms with Gasteiger partial charge in [0.2, 0.25) is 5.95 Å². The molecule has 4 heterocycles. The summed E-state index contributed by atoms with van der Waals surface area (Å²) in [4.78, 5) is 26.8. The van der Waals surface area contributed by atoms with Crippen LogP contribution in [0.25, 0.3) is 11.3 Å². The van der Waals surface area contributed by atoms with Crippen LogP contribution in [0.5, 0.6) is 5.75 Å². The highest BCUT2D eigenvalue weighted by molar-refractivity contribution is 7.09. The number of nitrogens with two attached hydrogens (primary N) is 1. The average molecular weight is 514 g/mol. The number of hydrogen-bond donors (Lipinski definition) is 2. The lowest BCUT2D eigenvalue weighted by atomic mass is 9.89. The number of rotatable bonds is 6. The molecule has 0 bridgehead atoms. The number of anilines is 1. The Bertz CT molecular complexity index is 1520. The number of thiophene rings is 1. The van der Waals surface area contributed by atoms with Crippen LogP contribution in [0.3, 0.4) is 0 Å². The first kappa shape index (κ1) is 23.3. The first-order valence-electron chi connectivity index (χ1n) is 12.1. The van der Waals surface area contributed by atoms with Crippen molar-refractivity contribution in [3.8, 4) is 17.0 Å². The molecule has 4 aromatic rings. The van der Waals surface area contributed by atoms with Gasteiger partial charge in [0.1, 0.15) is 11.6 Å². The van der Waals surface area contributed by atoms with E-state index in [1.54, 1.807) is 29.7 Å². The van der Waals surface area contributed by atoms with E-state index in [1.165, 1.54) is 10.9 Å². The van der Waals surface area contributed by atoms with E-state index in [-0.39, 0.29) is 23.6 Å². The second kappa shape index (κ2) is 9.74. The Hall–Kier alpha value is -4.11. The molecule has 0 saturated carbocycles. The van der Waals surface area contributed by atoms with E-state index in [9.17, 15) is 4.79 Å². The summed E-state index contributed by atoms with van der Waals surface area (Å²) in [5, 5.41) is 5.03. The number of hydrogen-bond acceptors (Lipinski definition) is 7. The number of aromatic nitrogens is 2. The molecule has 0 aliphatic carbocycles. The maximum atomic E-state index is 15.0. The lowest BCUT2D eigenvalue weighted by Crippen LogP contribution is -2.29. The zero-order valence-corrected chi connectivity index (χ0v) is 20.7. The molecule has 2 aromatic carbocycles. The molecule has 2 aliphatic heterocycles. The van der Waals surface area contributed by atoms with Crippen LogP contribution in [0.15, 0.2) is 65.1 Å². The molecule has 1 atom stereocenters. The van der Waals surface area contributed by atoms with Gasteiger partial charge < -0.3 is 15.8 Å². The predicted molar refractivity (Wildman–Crippen MR) is 142 cm³/mol. The minimum absolute atomic E-state index is 0.00501. The summed E-state index contributed by atoms with van der Waals surface area (Å²) in [6, 6.07) is 14.6. The van der Waals surface area contributed by atoms with E-state index in [4.69, 9.17) is 15.5 Å². The van der Waals surface area contributed by atoms with Crippen LogP contribution in [0.4, 0.5) is 16.0 Å². The molecule has 7 nitrogen and oxygen atoms in total. The predicted octanol–water partition coefficient (Wildman–Crippen LogP) is 4.78. The maximum Gasteiger partial charge on any atom is 0.251 e. The Kier molecular flexibility index (Phi) is 6.13. The van der Waals surface area contributed by atoms with Gasteiger partial charge in [-0.15, -0.1) is 11.3 Å². The van der Waals surface area contributed by atoms with Crippen LogP contribution in [0, 0.1) is 11.7 Å². The van der Waals surface area contributed by atoms with Crippen molar-refractivity contribution in [3.05, 3.63) is 87.5 Å². The lowest BCUT2D eigenvalue weighted by molar-refractivity contribution is 0.0954. The second-order valence-electron chi connectivity index (χ2n) is 9.16. The zero-order valence-electron chi connectivity index (χ0n) is 19.9. The summed E-state index contributed by atoms with van der Waals surface area (Å²) in [6.07, 6.45) is 3.46. The third kappa shape index (κ3) is 4.82. The fourth-order valence-electron chi connectivity index (χ4n) is 4.80. The van der Waals surface area contributed by atoms with Crippen molar-refractivity contribution in [2.45, 2.75) is 19.3 Å². The maximum absolute atomic E-state index is 15.0. The number of ether oxygens (including phenoxy) is 1. The van der Waals surface area contributed by atoms with Crippen molar-refractivity contribution >= 4 is 34.6 Å². The van der Waals surface area contributed by atoms with Gasteiger partial charge in [-0.2, -0.15) is 0 Å². The first-order valence-corrected chi connectivity index (χ1v) is 13.0. The Labute approximate surface area is 217 Å². The number of fused-ring (bicyclic) bond motifs is 2. The molecule has 0 radical (unpaired) electrons. The number of nitrogens with one attached hydrogen (secondary N) is 1. The number of halogens is 1. The number of carbonyl (C=O) groups is 1. The quantitative estimate of drug-likeness (QED) is 0.386. The van der Waals surface area contributed by atoms with E-state index >= 15 is 4.39 Å². The SMILES string of the molecule is Nc1nccc(-c2cc(F)c3c(c2)N=C(C2COc4ccc(C(=O)NCCc5cccs5)cc4C2)C3)n1. The van der Waals surface area contributed by atoms with Gasteiger partial charge in [-0.05, 0) is 66.2 Å². The summed E-state index contributed by atoms with van der Waals surface area (Å²) in [5.74, 6) is 0.484. The Morgan fingerprint density at radius 2 is 2.14 bits per heavy atom. The number of carbonyl (C=O) groups excluding carboxylic acids is 1. The van der Waals surface area contributed by atoms with Gasteiger partial charge >= 0.3 is 0 Å². The lowest BCUT2D eigenvalue weighted by Gasteiger charge is -2.26. The minimum atomic E-state index is -0.318. The van der Waals surface area contributed by atoms with Gasteiger partial charge in [0.15, 0.2) is 0 Å². The van der Waals surface area contributed by atoms with Gasteiger partial charge in [0.25, 0.3) is 5.91 Å². The van der Waals surface area contributed by atoms with Crippen molar-refractivity contribution < 1.29 is 13.9 Å².